The second kappa shape index (κ2) is 4.11. The summed E-state index contributed by atoms with van der Waals surface area (Å²) in [6, 6.07) is 14.1. The van der Waals surface area contributed by atoms with E-state index in [9.17, 15) is 4.79 Å². The van der Waals surface area contributed by atoms with E-state index < -0.39 is 0 Å². The number of carbonyl (C=O) groups excluding carboxylic acids is 1. The predicted octanol–water partition coefficient (Wildman–Crippen LogP) is 2.39. The average molecular weight is 236 g/mol. The van der Waals surface area contributed by atoms with Gasteiger partial charge >= 0.3 is 0 Å². The zero-order valence-corrected chi connectivity index (χ0v) is 9.76. The normalized spacial score (nSPS) is 12.4. The fourth-order valence-electron chi connectivity index (χ4n) is 2.44. The first-order valence-electron chi connectivity index (χ1n) is 5.78. The Morgan fingerprint density at radius 2 is 1.89 bits per heavy atom. The maximum atomic E-state index is 11.7. The topological polar surface area (TPSA) is 55.4 Å². The van der Waals surface area contributed by atoms with Gasteiger partial charge in [0, 0.05) is 5.56 Å². The van der Waals surface area contributed by atoms with Crippen LogP contribution in [0.1, 0.15) is 21.5 Å². The van der Waals surface area contributed by atoms with Gasteiger partial charge in [-0.2, -0.15) is 5.10 Å². The number of hydrogen-bond acceptors (Lipinski definition) is 3. The van der Waals surface area contributed by atoms with E-state index in [4.69, 9.17) is 5.84 Å². The van der Waals surface area contributed by atoms with E-state index in [1.165, 1.54) is 22.3 Å². The van der Waals surface area contributed by atoms with Crippen molar-refractivity contribution in [1.82, 2.24) is 0 Å². The van der Waals surface area contributed by atoms with Crippen LogP contribution < -0.4 is 5.84 Å². The number of hydrazone groups is 1. The van der Waals surface area contributed by atoms with Crippen molar-refractivity contribution in [3.8, 4) is 11.1 Å². The quantitative estimate of drug-likeness (QED) is 0.321. The van der Waals surface area contributed by atoms with Crippen LogP contribution in [0.5, 0.6) is 0 Å². The molecule has 0 saturated heterocycles. The van der Waals surface area contributed by atoms with Crippen LogP contribution in [0.3, 0.4) is 0 Å². The summed E-state index contributed by atoms with van der Waals surface area (Å²) in [6.07, 6.45) is 2.02. The van der Waals surface area contributed by atoms with Gasteiger partial charge in [-0.15, -0.1) is 0 Å². The Labute approximate surface area is 105 Å². The Bertz CT molecular complexity index is 659. The molecule has 0 fully saturated rings. The van der Waals surface area contributed by atoms with Crippen LogP contribution in [0.15, 0.2) is 47.6 Å². The lowest BCUT2D eigenvalue weighted by Crippen LogP contribution is -2.02. The van der Waals surface area contributed by atoms with Crippen LogP contribution in [-0.2, 0) is 6.42 Å². The molecule has 0 spiro atoms. The third-order valence-electron chi connectivity index (χ3n) is 3.27. The first-order chi connectivity index (χ1) is 8.79. The highest BCUT2D eigenvalue weighted by Crippen LogP contribution is 2.36. The molecule has 18 heavy (non-hydrogen) atoms. The number of rotatable bonds is 2. The Morgan fingerprint density at radius 1 is 1.11 bits per heavy atom. The fourth-order valence-corrected chi connectivity index (χ4v) is 2.44. The molecule has 3 rings (SSSR count). The maximum absolute atomic E-state index is 11.7. The Morgan fingerprint density at radius 3 is 2.72 bits per heavy atom. The van der Waals surface area contributed by atoms with Crippen LogP contribution in [0.4, 0.5) is 0 Å². The van der Waals surface area contributed by atoms with E-state index >= 15 is 0 Å². The molecule has 3 heteroatoms. The second-order valence-corrected chi connectivity index (χ2v) is 4.35. The highest BCUT2D eigenvalue weighted by atomic mass is 16.1. The van der Waals surface area contributed by atoms with Crippen LogP contribution in [0.25, 0.3) is 11.1 Å². The van der Waals surface area contributed by atoms with Crippen molar-refractivity contribution in [2.75, 3.05) is 0 Å². The van der Waals surface area contributed by atoms with Crippen molar-refractivity contribution in [2.45, 2.75) is 6.42 Å². The van der Waals surface area contributed by atoms with E-state index in [0.717, 1.165) is 12.6 Å². The molecule has 2 aromatic rings. The summed E-state index contributed by atoms with van der Waals surface area (Å²) in [6.45, 7) is 0. The molecule has 1 aliphatic carbocycles. The molecular weight excluding hydrogens is 224 g/mol. The molecule has 0 atom stereocenters. The van der Waals surface area contributed by atoms with E-state index in [1.54, 1.807) is 0 Å². The first-order valence-corrected chi connectivity index (χ1v) is 5.78. The van der Waals surface area contributed by atoms with E-state index in [0.29, 0.717) is 5.56 Å². The number of nitrogens with two attached hydrogens (primary N) is 1. The third-order valence-corrected chi connectivity index (χ3v) is 3.27. The molecule has 3 nitrogen and oxygen atoms in total. The van der Waals surface area contributed by atoms with Crippen LogP contribution in [-0.4, -0.2) is 12.0 Å². The molecule has 0 unspecified atom stereocenters. The Hall–Kier alpha value is -2.42. The molecular formula is C15H12N2O. The lowest BCUT2D eigenvalue weighted by Gasteiger charge is -2.02. The largest absolute Gasteiger partial charge is 0.323 e. The fraction of sp³-hybridized carbons (Fsp3) is 0.0667. The standard InChI is InChI=1S/C15H12N2O/c16-17-9-15(18)11-5-6-14-12(8-11)7-10-3-1-2-4-13(10)14/h1-6,8-9H,7,16H2/b17-9+. The molecule has 0 radical (unpaired) electrons. The Kier molecular flexibility index (Phi) is 2.45. The van der Waals surface area contributed by atoms with Crippen molar-refractivity contribution in [1.29, 1.82) is 0 Å². The minimum atomic E-state index is -0.156. The average Bonchev–Trinajstić information content (AvgIpc) is 2.76. The van der Waals surface area contributed by atoms with Gasteiger partial charge < -0.3 is 5.84 Å². The zero-order chi connectivity index (χ0) is 12.5. The van der Waals surface area contributed by atoms with Gasteiger partial charge in [0.15, 0.2) is 0 Å². The third kappa shape index (κ3) is 1.61. The van der Waals surface area contributed by atoms with Crippen LogP contribution in [0.2, 0.25) is 0 Å². The molecule has 0 amide bonds. The summed E-state index contributed by atoms with van der Waals surface area (Å²) in [5, 5.41) is 3.27. The van der Waals surface area contributed by atoms with Crippen molar-refractivity contribution < 1.29 is 4.79 Å². The summed E-state index contributed by atoms with van der Waals surface area (Å²) in [4.78, 5) is 11.7. The molecule has 0 heterocycles. The van der Waals surface area contributed by atoms with Gasteiger partial charge in [0.2, 0.25) is 5.78 Å². The maximum Gasteiger partial charge on any atom is 0.205 e. The van der Waals surface area contributed by atoms with Crippen LogP contribution in [0, 0.1) is 0 Å². The number of fused-ring (bicyclic) bond motifs is 3. The zero-order valence-electron chi connectivity index (χ0n) is 9.76. The molecule has 0 aromatic heterocycles. The molecule has 1 aliphatic rings. The van der Waals surface area contributed by atoms with Gasteiger partial charge in [-0.1, -0.05) is 36.4 Å². The number of carbonyl (C=O) groups is 1. The van der Waals surface area contributed by atoms with E-state index in [2.05, 4.69) is 17.2 Å². The minimum absolute atomic E-state index is 0.156. The van der Waals surface area contributed by atoms with Gasteiger partial charge in [-0.3, -0.25) is 4.79 Å². The first kappa shape index (κ1) is 10.7. The molecule has 0 saturated carbocycles. The van der Waals surface area contributed by atoms with Gasteiger partial charge in [0.05, 0.1) is 6.21 Å². The number of nitrogens with zero attached hydrogens (tertiary/aromatic N) is 1. The minimum Gasteiger partial charge on any atom is -0.323 e. The monoisotopic (exact) mass is 236 g/mol. The summed E-state index contributed by atoms with van der Waals surface area (Å²) in [5.74, 6) is 4.84. The highest BCUT2D eigenvalue weighted by Gasteiger charge is 2.18. The summed E-state index contributed by atoms with van der Waals surface area (Å²) >= 11 is 0. The summed E-state index contributed by atoms with van der Waals surface area (Å²) < 4.78 is 0. The predicted molar refractivity (Wildman–Crippen MR) is 71.7 cm³/mol. The Balaban J connectivity index is 2.06. The molecule has 0 aliphatic heterocycles. The molecule has 88 valence electrons. The lowest BCUT2D eigenvalue weighted by molar-refractivity contribution is 0.107. The summed E-state index contributed by atoms with van der Waals surface area (Å²) in [5.41, 5.74) is 5.61. The van der Waals surface area contributed by atoms with Crippen molar-refractivity contribution in [2.24, 2.45) is 10.9 Å². The van der Waals surface area contributed by atoms with E-state index in [-0.39, 0.29) is 5.78 Å². The van der Waals surface area contributed by atoms with Gasteiger partial charge in [0.1, 0.15) is 0 Å². The van der Waals surface area contributed by atoms with Gasteiger partial charge in [-0.25, -0.2) is 0 Å². The van der Waals surface area contributed by atoms with Crippen molar-refractivity contribution in [3.05, 3.63) is 59.2 Å². The molecule has 2 aromatic carbocycles. The SMILES string of the molecule is N/N=C/C(=O)c1ccc2c(c1)Cc1ccccc1-2. The van der Waals surface area contributed by atoms with Crippen molar-refractivity contribution >= 4 is 12.0 Å². The highest BCUT2D eigenvalue weighted by molar-refractivity contribution is 6.35. The molecule has 2 N–H and O–H groups in total. The number of hydrogen-bond donors (Lipinski definition) is 1. The van der Waals surface area contributed by atoms with Crippen LogP contribution >= 0.6 is 0 Å². The van der Waals surface area contributed by atoms with Crippen molar-refractivity contribution in [3.63, 3.8) is 0 Å². The number of benzene rings is 2. The molecule has 0 bridgehead atoms. The van der Waals surface area contributed by atoms with Gasteiger partial charge in [0.25, 0.3) is 0 Å². The number of Topliss-reactive ketones (excluding diaryl/α,β-unsaturated/α-hetero) is 1. The summed E-state index contributed by atoms with van der Waals surface area (Å²) in [7, 11) is 0. The van der Waals surface area contributed by atoms with E-state index in [1.807, 2.05) is 30.3 Å². The van der Waals surface area contributed by atoms with Gasteiger partial charge in [-0.05, 0) is 34.7 Å². The second-order valence-electron chi connectivity index (χ2n) is 4.35. The lowest BCUT2D eigenvalue weighted by atomic mass is 10.0. The smallest absolute Gasteiger partial charge is 0.205 e. The number of ketones is 1.